The molecule has 0 bridgehead atoms. The lowest BCUT2D eigenvalue weighted by Gasteiger charge is -2.21. The Morgan fingerprint density at radius 2 is 2.07 bits per heavy atom. The van der Waals surface area contributed by atoms with Crippen LogP contribution < -0.4 is 5.73 Å². The smallest absolute Gasteiger partial charge is 0.0968 e. The molecule has 1 fully saturated rings. The summed E-state index contributed by atoms with van der Waals surface area (Å²) in [5.74, 6) is 1.49. The maximum Gasteiger partial charge on any atom is 0.0968 e. The van der Waals surface area contributed by atoms with Gasteiger partial charge in [-0.1, -0.05) is 26.2 Å². The monoisotopic (exact) mass is 214 g/mol. The second kappa shape index (κ2) is 6.33. The van der Waals surface area contributed by atoms with Gasteiger partial charge in [0.1, 0.15) is 0 Å². The molecule has 0 heterocycles. The molecule has 0 aliphatic heterocycles. The van der Waals surface area contributed by atoms with Gasteiger partial charge in [0.2, 0.25) is 0 Å². The molecule has 1 atom stereocenters. The lowest BCUT2D eigenvalue weighted by atomic mass is 9.88. The van der Waals surface area contributed by atoms with Gasteiger partial charge in [0.05, 0.1) is 12.4 Å². The number of hydrogen-bond acceptors (Lipinski definition) is 2. The van der Waals surface area contributed by atoms with E-state index in [4.69, 9.17) is 5.73 Å². The predicted molar refractivity (Wildman–Crippen MR) is 66.0 cm³/mol. The third-order valence-electron chi connectivity index (χ3n) is 2.96. The molecule has 82 valence electrons. The molecular formula is C11H22N2S. The maximum atomic E-state index is 5.99. The zero-order valence-corrected chi connectivity index (χ0v) is 10.1. The van der Waals surface area contributed by atoms with Gasteiger partial charge in [0, 0.05) is 11.2 Å². The topological polar surface area (TPSA) is 38.4 Å². The van der Waals surface area contributed by atoms with Crippen LogP contribution in [0.5, 0.6) is 0 Å². The van der Waals surface area contributed by atoms with Crippen LogP contribution in [0.25, 0.3) is 0 Å². The van der Waals surface area contributed by atoms with E-state index in [9.17, 15) is 0 Å². The third-order valence-corrected chi connectivity index (χ3v) is 3.91. The lowest BCUT2D eigenvalue weighted by Crippen LogP contribution is -2.26. The normalized spacial score (nSPS) is 22.3. The average molecular weight is 214 g/mol. The number of amidine groups is 1. The molecule has 0 aromatic heterocycles. The van der Waals surface area contributed by atoms with E-state index < -0.39 is 0 Å². The first-order valence-corrected chi connectivity index (χ1v) is 6.85. The summed E-state index contributed by atoms with van der Waals surface area (Å²) < 4.78 is 0. The number of hydrogen-bond donors (Lipinski definition) is 1. The minimum Gasteiger partial charge on any atom is -0.387 e. The standard InChI is InChI=1S/C11H22N2S/c1-9(14-2)8-13-11(12)10-6-4-3-5-7-10/h9-10H,3-8H2,1-2H3,(H2,12,13). The van der Waals surface area contributed by atoms with Crippen LogP contribution in [0.3, 0.4) is 0 Å². The summed E-state index contributed by atoms with van der Waals surface area (Å²) in [5, 5.41) is 0.595. The molecular weight excluding hydrogens is 192 g/mol. The van der Waals surface area contributed by atoms with Crippen molar-refractivity contribution in [1.29, 1.82) is 0 Å². The van der Waals surface area contributed by atoms with Crippen molar-refractivity contribution in [2.75, 3.05) is 12.8 Å². The first kappa shape index (κ1) is 11.9. The van der Waals surface area contributed by atoms with E-state index in [1.807, 2.05) is 11.8 Å². The molecule has 2 nitrogen and oxygen atoms in total. The molecule has 2 N–H and O–H groups in total. The van der Waals surface area contributed by atoms with E-state index in [1.165, 1.54) is 32.1 Å². The van der Waals surface area contributed by atoms with Crippen molar-refractivity contribution in [2.24, 2.45) is 16.6 Å². The zero-order chi connectivity index (χ0) is 10.4. The van der Waals surface area contributed by atoms with Gasteiger partial charge in [-0.3, -0.25) is 4.99 Å². The molecule has 0 aromatic carbocycles. The first-order chi connectivity index (χ1) is 6.74. The van der Waals surface area contributed by atoms with Crippen molar-refractivity contribution < 1.29 is 0 Å². The first-order valence-electron chi connectivity index (χ1n) is 5.56. The van der Waals surface area contributed by atoms with E-state index in [0.29, 0.717) is 11.2 Å². The fraction of sp³-hybridized carbons (Fsp3) is 0.909. The number of thioether (sulfide) groups is 1. The van der Waals surface area contributed by atoms with Crippen molar-refractivity contribution in [3.8, 4) is 0 Å². The summed E-state index contributed by atoms with van der Waals surface area (Å²) in [6.45, 7) is 3.08. The summed E-state index contributed by atoms with van der Waals surface area (Å²) in [4.78, 5) is 4.49. The van der Waals surface area contributed by atoms with Gasteiger partial charge in [0.15, 0.2) is 0 Å². The summed E-state index contributed by atoms with van der Waals surface area (Å²) in [7, 11) is 0. The van der Waals surface area contributed by atoms with Gasteiger partial charge >= 0.3 is 0 Å². The van der Waals surface area contributed by atoms with Crippen molar-refractivity contribution >= 4 is 17.6 Å². The zero-order valence-electron chi connectivity index (χ0n) is 9.33. The highest BCUT2D eigenvalue weighted by Crippen LogP contribution is 2.23. The fourth-order valence-electron chi connectivity index (χ4n) is 1.84. The average Bonchev–Trinajstić information content (AvgIpc) is 2.26. The fourth-order valence-corrected chi connectivity index (χ4v) is 2.06. The molecule has 0 spiro atoms. The largest absolute Gasteiger partial charge is 0.387 e. The van der Waals surface area contributed by atoms with Gasteiger partial charge < -0.3 is 5.73 Å². The highest BCUT2D eigenvalue weighted by atomic mass is 32.2. The molecule has 1 saturated carbocycles. The predicted octanol–water partition coefficient (Wildman–Crippen LogP) is 2.68. The summed E-state index contributed by atoms with van der Waals surface area (Å²) in [5.41, 5.74) is 5.99. The summed E-state index contributed by atoms with van der Waals surface area (Å²) >= 11 is 1.85. The Labute approximate surface area is 91.7 Å². The highest BCUT2D eigenvalue weighted by molar-refractivity contribution is 7.99. The van der Waals surface area contributed by atoms with Gasteiger partial charge in [-0.15, -0.1) is 0 Å². The summed E-state index contributed by atoms with van der Waals surface area (Å²) in [6, 6.07) is 0. The molecule has 0 aromatic rings. The molecule has 3 heteroatoms. The second-order valence-corrected chi connectivity index (χ2v) is 5.42. The number of aliphatic imine (C=N–C) groups is 1. The Kier molecular flexibility index (Phi) is 5.38. The molecule has 1 aliphatic carbocycles. The third kappa shape index (κ3) is 3.91. The Bertz CT molecular complexity index is 186. The van der Waals surface area contributed by atoms with Crippen LogP contribution in [-0.4, -0.2) is 23.9 Å². The Hall–Kier alpha value is -0.180. The minimum atomic E-state index is 0.581. The van der Waals surface area contributed by atoms with E-state index >= 15 is 0 Å². The quantitative estimate of drug-likeness (QED) is 0.577. The van der Waals surface area contributed by atoms with E-state index in [2.05, 4.69) is 18.2 Å². The van der Waals surface area contributed by atoms with E-state index in [1.54, 1.807) is 0 Å². The number of rotatable bonds is 4. The van der Waals surface area contributed by atoms with Gasteiger partial charge in [-0.2, -0.15) is 11.8 Å². The van der Waals surface area contributed by atoms with Crippen LogP contribution in [0.15, 0.2) is 4.99 Å². The van der Waals surface area contributed by atoms with Crippen LogP contribution in [0, 0.1) is 5.92 Å². The molecule has 1 rings (SSSR count). The van der Waals surface area contributed by atoms with Crippen LogP contribution >= 0.6 is 11.8 Å². The van der Waals surface area contributed by atoms with Crippen LogP contribution in [0.2, 0.25) is 0 Å². The molecule has 0 saturated heterocycles. The molecule has 1 aliphatic rings. The Morgan fingerprint density at radius 1 is 1.43 bits per heavy atom. The molecule has 1 unspecified atom stereocenters. The number of nitrogens with two attached hydrogens (primary N) is 1. The van der Waals surface area contributed by atoms with Crippen molar-refractivity contribution in [3.63, 3.8) is 0 Å². The molecule has 0 amide bonds. The minimum absolute atomic E-state index is 0.581. The van der Waals surface area contributed by atoms with Crippen molar-refractivity contribution in [3.05, 3.63) is 0 Å². The van der Waals surface area contributed by atoms with E-state index in [0.717, 1.165) is 12.4 Å². The Balaban J connectivity index is 2.34. The second-order valence-electron chi connectivity index (χ2n) is 4.15. The summed E-state index contributed by atoms with van der Waals surface area (Å²) in [6.07, 6.45) is 8.67. The van der Waals surface area contributed by atoms with E-state index in [-0.39, 0.29) is 0 Å². The Morgan fingerprint density at radius 3 is 2.64 bits per heavy atom. The van der Waals surface area contributed by atoms with Crippen LogP contribution in [0.1, 0.15) is 39.0 Å². The van der Waals surface area contributed by atoms with Gasteiger partial charge in [0.25, 0.3) is 0 Å². The van der Waals surface area contributed by atoms with Gasteiger partial charge in [-0.05, 0) is 19.1 Å². The van der Waals surface area contributed by atoms with Gasteiger partial charge in [-0.25, -0.2) is 0 Å². The maximum absolute atomic E-state index is 5.99. The van der Waals surface area contributed by atoms with Crippen molar-refractivity contribution in [1.82, 2.24) is 0 Å². The molecule has 14 heavy (non-hydrogen) atoms. The number of nitrogens with zero attached hydrogens (tertiary/aromatic N) is 1. The van der Waals surface area contributed by atoms with Crippen LogP contribution in [0.4, 0.5) is 0 Å². The lowest BCUT2D eigenvalue weighted by molar-refractivity contribution is 0.436. The van der Waals surface area contributed by atoms with Crippen molar-refractivity contribution in [2.45, 2.75) is 44.3 Å². The highest BCUT2D eigenvalue weighted by Gasteiger charge is 2.16. The molecule has 0 radical (unpaired) electrons. The SMILES string of the molecule is CSC(C)CN=C(N)C1CCCCC1. The van der Waals surface area contributed by atoms with Crippen LogP contribution in [-0.2, 0) is 0 Å².